The van der Waals surface area contributed by atoms with Crippen LogP contribution in [0.25, 0.3) is 0 Å². The Kier molecular flexibility index (Phi) is 12.8. The number of anilines is 1. The van der Waals surface area contributed by atoms with Crippen LogP contribution in [0.2, 0.25) is 0 Å². The lowest BCUT2D eigenvalue weighted by Crippen LogP contribution is -2.55. The van der Waals surface area contributed by atoms with E-state index in [1.54, 1.807) is 25.7 Å². The maximum atomic E-state index is 14.5. The number of nitrogens with two attached hydrogens (primary N) is 1. The first-order valence-corrected chi connectivity index (χ1v) is 15.0. The number of rotatable bonds is 13. The minimum Gasteiger partial charge on any atom is -0.444 e. The number of para-hydroxylation sites is 1. The average molecular weight is 595 g/mol. The fraction of sp³-hybridized carbons (Fsp3) is 0.529. The van der Waals surface area contributed by atoms with Crippen LogP contribution in [0.4, 0.5) is 10.5 Å². The summed E-state index contributed by atoms with van der Waals surface area (Å²) >= 11 is 0. The van der Waals surface area contributed by atoms with Crippen molar-refractivity contribution in [3.05, 3.63) is 64.7 Å². The molecule has 0 aliphatic carbocycles. The Morgan fingerprint density at radius 3 is 1.98 bits per heavy atom. The molecule has 0 radical (unpaired) electrons. The molecule has 2 aromatic rings. The molecule has 0 fully saturated rings. The number of carbonyl (C=O) groups excluding carboxylic acids is 4. The number of nitrogens with one attached hydrogen (secondary N) is 2. The first kappa shape index (κ1) is 35.3. The van der Waals surface area contributed by atoms with Crippen LogP contribution in [0.5, 0.6) is 0 Å². The highest BCUT2D eigenvalue weighted by Gasteiger charge is 2.39. The maximum absolute atomic E-state index is 14.5. The predicted octanol–water partition coefficient (Wildman–Crippen LogP) is 6.10. The standard InChI is InChI=1S/C34H50N4O5/c1-21(2)13-16-25(6)38(32(41)27(19-20-28(35)39)36-33(42)43-34(7,8)9)30(26-17-14-22(3)15-18-26)31(40)37-29-23(4)11-10-12-24(29)5/h10-12,14-15,17-18,21,25,27,30H,13,16,19-20H2,1-9H3,(H2,35,39)(H,36,42)(H,37,40). The number of benzene rings is 2. The molecule has 0 saturated carbocycles. The molecule has 4 N–H and O–H groups in total. The third-order valence-electron chi connectivity index (χ3n) is 7.21. The van der Waals surface area contributed by atoms with Gasteiger partial charge in [0.1, 0.15) is 17.7 Å². The van der Waals surface area contributed by atoms with Gasteiger partial charge in [0.25, 0.3) is 5.91 Å². The largest absolute Gasteiger partial charge is 0.444 e. The molecule has 2 rings (SSSR count). The molecule has 0 aliphatic heterocycles. The first-order valence-electron chi connectivity index (χ1n) is 15.0. The van der Waals surface area contributed by atoms with E-state index in [2.05, 4.69) is 24.5 Å². The summed E-state index contributed by atoms with van der Waals surface area (Å²) in [5.74, 6) is -1.11. The number of ether oxygens (including phenoxy) is 1. The molecule has 9 nitrogen and oxygen atoms in total. The molecule has 3 unspecified atom stereocenters. The van der Waals surface area contributed by atoms with Gasteiger partial charge in [0.05, 0.1) is 0 Å². The molecule has 0 spiro atoms. The summed E-state index contributed by atoms with van der Waals surface area (Å²) in [6.07, 6.45) is 0.467. The van der Waals surface area contributed by atoms with Gasteiger partial charge in [-0.25, -0.2) is 4.79 Å². The molecule has 3 atom stereocenters. The van der Waals surface area contributed by atoms with Crippen molar-refractivity contribution in [1.82, 2.24) is 10.2 Å². The second kappa shape index (κ2) is 15.5. The van der Waals surface area contributed by atoms with Crippen molar-refractivity contribution in [2.24, 2.45) is 11.7 Å². The van der Waals surface area contributed by atoms with Gasteiger partial charge in [0.2, 0.25) is 11.8 Å². The van der Waals surface area contributed by atoms with Gasteiger partial charge in [-0.2, -0.15) is 0 Å². The number of aryl methyl sites for hydroxylation is 3. The van der Waals surface area contributed by atoms with E-state index in [0.29, 0.717) is 23.6 Å². The van der Waals surface area contributed by atoms with Crippen molar-refractivity contribution in [1.29, 1.82) is 0 Å². The topological polar surface area (TPSA) is 131 Å². The van der Waals surface area contributed by atoms with Crippen molar-refractivity contribution >= 4 is 29.5 Å². The van der Waals surface area contributed by atoms with Gasteiger partial charge >= 0.3 is 6.09 Å². The van der Waals surface area contributed by atoms with Crippen LogP contribution < -0.4 is 16.4 Å². The van der Waals surface area contributed by atoms with Crippen LogP contribution in [-0.4, -0.2) is 46.4 Å². The van der Waals surface area contributed by atoms with Gasteiger partial charge in [0, 0.05) is 18.2 Å². The van der Waals surface area contributed by atoms with Crippen molar-refractivity contribution in [3.8, 4) is 0 Å². The van der Waals surface area contributed by atoms with E-state index in [9.17, 15) is 19.2 Å². The Bertz CT molecular complexity index is 1250. The number of carbonyl (C=O) groups is 4. The highest BCUT2D eigenvalue weighted by Crippen LogP contribution is 2.30. The molecule has 0 heterocycles. The van der Waals surface area contributed by atoms with Gasteiger partial charge in [-0.05, 0) is 90.3 Å². The number of nitrogens with zero attached hydrogens (tertiary/aromatic N) is 1. The van der Waals surface area contributed by atoms with Gasteiger partial charge in [0.15, 0.2) is 0 Å². The van der Waals surface area contributed by atoms with E-state index >= 15 is 0 Å². The van der Waals surface area contributed by atoms with E-state index in [1.807, 2.05) is 70.2 Å². The summed E-state index contributed by atoms with van der Waals surface area (Å²) in [5.41, 5.74) is 8.76. The SMILES string of the molecule is Cc1ccc(C(C(=O)Nc2c(C)cccc2C)N(C(=O)C(CCC(N)=O)NC(=O)OC(C)(C)C)C(C)CCC(C)C)cc1. The zero-order chi connectivity index (χ0) is 32.5. The number of alkyl carbamates (subject to hydrolysis) is 1. The van der Waals surface area contributed by atoms with Crippen LogP contribution in [0.15, 0.2) is 42.5 Å². The van der Waals surface area contributed by atoms with Gasteiger partial charge in [-0.15, -0.1) is 0 Å². The fourth-order valence-corrected chi connectivity index (χ4v) is 4.88. The highest BCUT2D eigenvalue weighted by molar-refractivity contribution is 6.00. The molecule has 236 valence electrons. The quantitative estimate of drug-likeness (QED) is 0.258. The monoisotopic (exact) mass is 594 g/mol. The minimum atomic E-state index is -1.15. The van der Waals surface area contributed by atoms with Crippen molar-refractivity contribution in [2.45, 2.75) is 112 Å². The molecule has 2 aromatic carbocycles. The lowest BCUT2D eigenvalue weighted by molar-refractivity contribution is -0.143. The van der Waals surface area contributed by atoms with E-state index in [-0.39, 0.29) is 24.8 Å². The molecule has 0 aliphatic rings. The lowest BCUT2D eigenvalue weighted by atomic mass is 9.95. The molecule has 0 bridgehead atoms. The molecular formula is C34H50N4O5. The number of hydrogen-bond donors (Lipinski definition) is 3. The molecule has 4 amide bonds. The average Bonchev–Trinajstić information content (AvgIpc) is 2.89. The smallest absolute Gasteiger partial charge is 0.408 e. The third-order valence-corrected chi connectivity index (χ3v) is 7.21. The van der Waals surface area contributed by atoms with Gasteiger partial charge < -0.3 is 26.0 Å². The second-order valence-electron chi connectivity index (χ2n) is 12.8. The highest BCUT2D eigenvalue weighted by atomic mass is 16.6. The van der Waals surface area contributed by atoms with Crippen LogP contribution in [0.1, 0.15) is 95.5 Å². The molecular weight excluding hydrogens is 544 g/mol. The van der Waals surface area contributed by atoms with E-state index < -0.39 is 35.6 Å². The Balaban J connectivity index is 2.67. The van der Waals surface area contributed by atoms with Crippen LogP contribution in [-0.2, 0) is 19.1 Å². The van der Waals surface area contributed by atoms with E-state index in [0.717, 1.165) is 23.1 Å². The van der Waals surface area contributed by atoms with Crippen LogP contribution in [0.3, 0.4) is 0 Å². The van der Waals surface area contributed by atoms with Crippen molar-refractivity contribution in [3.63, 3.8) is 0 Å². The number of primary amides is 1. The summed E-state index contributed by atoms with van der Waals surface area (Å²) in [6.45, 7) is 17.1. The summed E-state index contributed by atoms with van der Waals surface area (Å²) in [5, 5.41) is 5.75. The molecule has 0 aromatic heterocycles. The Labute approximate surface area is 256 Å². The zero-order valence-electron chi connectivity index (χ0n) is 27.2. The summed E-state index contributed by atoms with van der Waals surface area (Å²) in [6, 6.07) is 10.7. The maximum Gasteiger partial charge on any atom is 0.408 e. The fourth-order valence-electron chi connectivity index (χ4n) is 4.88. The Morgan fingerprint density at radius 1 is 0.884 bits per heavy atom. The van der Waals surface area contributed by atoms with E-state index in [1.165, 1.54) is 0 Å². The van der Waals surface area contributed by atoms with Crippen LogP contribution in [0, 0.1) is 26.7 Å². The minimum absolute atomic E-state index is 0.0417. The molecule has 9 heteroatoms. The van der Waals surface area contributed by atoms with Crippen LogP contribution >= 0.6 is 0 Å². The normalized spacial score (nSPS) is 13.5. The number of hydrogen-bond acceptors (Lipinski definition) is 5. The molecule has 0 saturated heterocycles. The van der Waals surface area contributed by atoms with Crippen molar-refractivity contribution in [2.75, 3.05) is 5.32 Å². The zero-order valence-corrected chi connectivity index (χ0v) is 27.2. The Hall–Kier alpha value is -3.88. The van der Waals surface area contributed by atoms with Gasteiger partial charge in [-0.1, -0.05) is 61.9 Å². The van der Waals surface area contributed by atoms with Crippen molar-refractivity contribution < 1.29 is 23.9 Å². The van der Waals surface area contributed by atoms with Gasteiger partial charge in [-0.3, -0.25) is 14.4 Å². The first-order chi connectivity index (χ1) is 20.0. The lowest BCUT2D eigenvalue weighted by Gasteiger charge is -2.39. The van der Waals surface area contributed by atoms with E-state index in [4.69, 9.17) is 10.5 Å². The summed E-state index contributed by atoms with van der Waals surface area (Å²) in [4.78, 5) is 55.0. The number of amides is 4. The predicted molar refractivity (Wildman–Crippen MR) is 170 cm³/mol. The molecule has 43 heavy (non-hydrogen) atoms. The second-order valence-corrected chi connectivity index (χ2v) is 12.8. The summed E-state index contributed by atoms with van der Waals surface area (Å²) < 4.78 is 5.44. The third kappa shape index (κ3) is 11.0. The Morgan fingerprint density at radius 2 is 1.47 bits per heavy atom. The summed E-state index contributed by atoms with van der Waals surface area (Å²) in [7, 11) is 0.